The third kappa shape index (κ3) is 6.37. The van der Waals surface area contributed by atoms with Crippen molar-refractivity contribution in [3.63, 3.8) is 0 Å². The Bertz CT molecular complexity index is 1240. The van der Waals surface area contributed by atoms with Gasteiger partial charge in [0.1, 0.15) is 5.75 Å². The molecule has 36 heavy (non-hydrogen) atoms. The van der Waals surface area contributed by atoms with Gasteiger partial charge in [0.2, 0.25) is 15.9 Å². The molecule has 0 radical (unpaired) electrons. The minimum Gasteiger partial charge on any atom is -0.497 e. The molecule has 7 nitrogen and oxygen atoms in total. The number of amides is 1. The Morgan fingerprint density at radius 3 is 2.17 bits per heavy atom. The zero-order valence-electron chi connectivity index (χ0n) is 20.2. The van der Waals surface area contributed by atoms with Gasteiger partial charge in [-0.1, -0.05) is 41.9 Å². The topological polar surface area (TPSA) is 70.2 Å². The van der Waals surface area contributed by atoms with E-state index in [1.165, 1.54) is 16.4 Å². The zero-order chi connectivity index (χ0) is 25.5. The number of nitrogens with zero attached hydrogens (tertiary/aromatic N) is 3. The molecule has 0 N–H and O–H groups in total. The van der Waals surface area contributed by atoms with Crippen LogP contribution in [0.4, 0.5) is 5.69 Å². The summed E-state index contributed by atoms with van der Waals surface area (Å²) in [5.41, 5.74) is 2.08. The number of halogens is 1. The minimum absolute atomic E-state index is 0.122. The first-order valence-corrected chi connectivity index (χ1v) is 13.6. The molecule has 1 fully saturated rings. The van der Waals surface area contributed by atoms with Gasteiger partial charge >= 0.3 is 0 Å². The van der Waals surface area contributed by atoms with Gasteiger partial charge in [0.05, 0.1) is 18.6 Å². The number of carbonyl (C=O) groups is 1. The molecule has 1 aliphatic heterocycles. The first kappa shape index (κ1) is 26.0. The van der Waals surface area contributed by atoms with Crippen molar-refractivity contribution in [1.29, 1.82) is 0 Å². The highest BCUT2D eigenvalue weighted by Gasteiger charge is 2.29. The first-order valence-electron chi connectivity index (χ1n) is 11.8. The summed E-state index contributed by atoms with van der Waals surface area (Å²) in [6, 6.07) is 23.5. The fourth-order valence-electron chi connectivity index (χ4n) is 4.20. The van der Waals surface area contributed by atoms with Gasteiger partial charge in [-0.2, -0.15) is 4.31 Å². The predicted molar refractivity (Wildman–Crippen MR) is 142 cm³/mol. The second-order valence-electron chi connectivity index (χ2n) is 8.59. The molecule has 3 aromatic rings. The molecule has 9 heteroatoms. The van der Waals surface area contributed by atoms with Crippen molar-refractivity contribution in [3.05, 3.63) is 89.4 Å². The molecule has 1 amide bonds. The van der Waals surface area contributed by atoms with Gasteiger partial charge in [-0.15, -0.1) is 0 Å². The van der Waals surface area contributed by atoms with E-state index in [0.717, 1.165) is 17.0 Å². The van der Waals surface area contributed by atoms with Crippen LogP contribution in [0.3, 0.4) is 0 Å². The summed E-state index contributed by atoms with van der Waals surface area (Å²) in [5, 5.41) is 0.454. The largest absolute Gasteiger partial charge is 0.497 e. The molecule has 1 aliphatic rings. The number of sulfonamides is 1. The highest BCUT2D eigenvalue weighted by Crippen LogP contribution is 2.22. The lowest BCUT2D eigenvalue weighted by atomic mass is 10.1. The van der Waals surface area contributed by atoms with Crippen molar-refractivity contribution in [3.8, 4) is 5.75 Å². The van der Waals surface area contributed by atoms with E-state index in [-0.39, 0.29) is 23.9 Å². The fraction of sp³-hybridized carbons (Fsp3) is 0.296. The highest BCUT2D eigenvalue weighted by molar-refractivity contribution is 7.89. The number of hydrogen-bond acceptors (Lipinski definition) is 5. The molecule has 0 spiro atoms. The van der Waals surface area contributed by atoms with Crippen LogP contribution in [0.15, 0.2) is 83.8 Å². The standard InChI is InChI=1S/C27H30ClN3O4S/c1-35-25-11-9-24(10-12-25)29-17-19-30(20-18-29)27(32)21-31(16-15-22-5-3-2-4-6-22)36(33,34)26-13-7-23(28)8-14-26/h2-14H,15-21H2,1H3. The number of carbonyl (C=O) groups excluding carboxylic acids is 1. The van der Waals surface area contributed by atoms with Crippen LogP contribution in [-0.2, 0) is 21.2 Å². The van der Waals surface area contributed by atoms with Crippen molar-refractivity contribution in [1.82, 2.24) is 9.21 Å². The van der Waals surface area contributed by atoms with Crippen LogP contribution >= 0.6 is 11.6 Å². The predicted octanol–water partition coefficient (Wildman–Crippen LogP) is 3.93. The smallest absolute Gasteiger partial charge is 0.243 e. The first-order chi connectivity index (χ1) is 17.4. The number of methoxy groups -OCH3 is 1. The summed E-state index contributed by atoms with van der Waals surface area (Å²) in [5.74, 6) is 0.597. The maximum absolute atomic E-state index is 13.5. The number of benzene rings is 3. The lowest BCUT2D eigenvalue weighted by molar-refractivity contribution is -0.131. The summed E-state index contributed by atoms with van der Waals surface area (Å²) in [7, 11) is -2.24. The molecule has 190 valence electrons. The summed E-state index contributed by atoms with van der Waals surface area (Å²) >= 11 is 5.96. The Morgan fingerprint density at radius 2 is 1.56 bits per heavy atom. The molecule has 0 aromatic heterocycles. The van der Waals surface area contributed by atoms with Gasteiger partial charge in [-0.3, -0.25) is 4.79 Å². The quantitative estimate of drug-likeness (QED) is 0.422. The Morgan fingerprint density at radius 1 is 0.917 bits per heavy atom. The third-order valence-electron chi connectivity index (χ3n) is 6.33. The number of hydrogen-bond donors (Lipinski definition) is 0. The van der Waals surface area contributed by atoms with E-state index < -0.39 is 10.0 Å². The summed E-state index contributed by atoms with van der Waals surface area (Å²) in [6.07, 6.45) is 0.506. The van der Waals surface area contributed by atoms with Crippen LogP contribution in [0.25, 0.3) is 0 Å². The number of rotatable bonds is 9. The molecule has 0 aliphatic carbocycles. The third-order valence-corrected chi connectivity index (χ3v) is 8.44. The summed E-state index contributed by atoms with van der Waals surface area (Å²) in [4.78, 5) is 17.3. The number of anilines is 1. The SMILES string of the molecule is COc1ccc(N2CCN(C(=O)CN(CCc3ccccc3)S(=O)(=O)c3ccc(Cl)cc3)CC2)cc1. The average molecular weight is 528 g/mol. The normalized spacial score (nSPS) is 14.2. The summed E-state index contributed by atoms with van der Waals surface area (Å²) < 4.78 is 33.4. The Labute approximate surface area is 217 Å². The molecule has 0 bridgehead atoms. The minimum atomic E-state index is -3.88. The lowest BCUT2D eigenvalue weighted by Crippen LogP contribution is -2.52. The van der Waals surface area contributed by atoms with Crippen molar-refractivity contribution in [2.45, 2.75) is 11.3 Å². The molecular weight excluding hydrogens is 498 g/mol. The zero-order valence-corrected chi connectivity index (χ0v) is 21.8. The van der Waals surface area contributed by atoms with Crippen molar-refractivity contribution in [2.75, 3.05) is 51.3 Å². The second-order valence-corrected chi connectivity index (χ2v) is 11.0. The summed E-state index contributed by atoms with van der Waals surface area (Å²) in [6.45, 7) is 2.39. The van der Waals surface area contributed by atoms with Gasteiger partial charge < -0.3 is 14.5 Å². The van der Waals surface area contributed by atoms with E-state index in [1.54, 1.807) is 24.1 Å². The molecular formula is C27H30ClN3O4S. The van der Waals surface area contributed by atoms with E-state index in [9.17, 15) is 13.2 Å². The van der Waals surface area contributed by atoms with Gasteiger partial charge in [-0.05, 0) is 60.5 Å². The van der Waals surface area contributed by atoms with E-state index in [2.05, 4.69) is 4.90 Å². The fourth-order valence-corrected chi connectivity index (χ4v) is 5.71. The molecule has 1 saturated heterocycles. The van der Waals surface area contributed by atoms with Crippen LogP contribution in [0.1, 0.15) is 5.56 Å². The van der Waals surface area contributed by atoms with Crippen LogP contribution in [-0.4, -0.2) is 69.9 Å². The van der Waals surface area contributed by atoms with Crippen LogP contribution in [0, 0.1) is 0 Å². The van der Waals surface area contributed by atoms with E-state index in [4.69, 9.17) is 16.3 Å². The Balaban J connectivity index is 1.44. The monoisotopic (exact) mass is 527 g/mol. The van der Waals surface area contributed by atoms with Gasteiger partial charge in [0.15, 0.2) is 0 Å². The molecule has 0 atom stereocenters. The van der Waals surface area contributed by atoms with Gasteiger partial charge in [0, 0.05) is 43.4 Å². The maximum atomic E-state index is 13.5. The maximum Gasteiger partial charge on any atom is 0.243 e. The Kier molecular flexibility index (Phi) is 8.51. The van der Waals surface area contributed by atoms with Crippen molar-refractivity contribution in [2.24, 2.45) is 0 Å². The van der Waals surface area contributed by atoms with Crippen LogP contribution in [0.5, 0.6) is 5.75 Å². The lowest BCUT2D eigenvalue weighted by Gasteiger charge is -2.37. The average Bonchev–Trinajstić information content (AvgIpc) is 2.92. The highest BCUT2D eigenvalue weighted by atomic mass is 35.5. The van der Waals surface area contributed by atoms with Gasteiger partial charge in [0.25, 0.3) is 0 Å². The van der Waals surface area contributed by atoms with Crippen molar-refractivity contribution < 1.29 is 17.9 Å². The van der Waals surface area contributed by atoms with Crippen molar-refractivity contribution >= 4 is 33.2 Å². The van der Waals surface area contributed by atoms with E-state index >= 15 is 0 Å². The van der Waals surface area contributed by atoms with Crippen LogP contribution in [0.2, 0.25) is 5.02 Å². The van der Waals surface area contributed by atoms with Crippen LogP contribution < -0.4 is 9.64 Å². The number of piperazine rings is 1. The van der Waals surface area contributed by atoms with E-state index in [1.807, 2.05) is 54.6 Å². The Hall–Kier alpha value is -3.07. The molecule has 1 heterocycles. The molecule has 4 rings (SSSR count). The van der Waals surface area contributed by atoms with Gasteiger partial charge in [-0.25, -0.2) is 8.42 Å². The van der Waals surface area contributed by atoms with E-state index in [0.29, 0.717) is 37.6 Å². The number of ether oxygens (including phenoxy) is 1. The molecule has 0 saturated carbocycles. The molecule has 3 aromatic carbocycles. The second kappa shape index (κ2) is 11.8. The molecule has 0 unspecified atom stereocenters.